The highest BCUT2D eigenvalue weighted by Crippen LogP contribution is 2.38. The normalized spacial score (nSPS) is 12.6. The Hall–Kier alpha value is -10.8. The predicted molar refractivity (Wildman–Crippen MR) is 419 cm³/mol. The van der Waals surface area contributed by atoms with E-state index in [-0.39, 0.29) is 5.82 Å². The van der Waals surface area contributed by atoms with E-state index >= 15 is 0 Å². The van der Waals surface area contributed by atoms with Crippen LogP contribution in [0.1, 0.15) is 128 Å². The number of hydrogen-bond donors (Lipinski definition) is 0. The van der Waals surface area contributed by atoms with Crippen molar-refractivity contribution in [2.45, 2.75) is 141 Å². The third-order valence-electron chi connectivity index (χ3n) is 22.4. The molecular formula is C96H91FN5+5. The van der Waals surface area contributed by atoms with Gasteiger partial charge in [0.2, 0.25) is 56.1 Å². The van der Waals surface area contributed by atoms with Gasteiger partial charge < -0.3 is 0 Å². The van der Waals surface area contributed by atoms with Crippen LogP contribution in [0.25, 0.3) is 111 Å². The van der Waals surface area contributed by atoms with E-state index in [9.17, 15) is 4.39 Å². The quantitative estimate of drug-likeness (QED) is 0.157. The van der Waals surface area contributed by atoms with Crippen molar-refractivity contribution in [3.63, 3.8) is 0 Å². The van der Waals surface area contributed by atoms with Gasteiger partial charge in [0, 0.05) is 110 Å². The summed E-state index contributed by atoms with van der Waals surface area (Å²) in [4.78, 5) is 0. The number of nitrogens with zero attached hydrogens (tertiary/aromatic N) is 5. The zero-order valence-electron chi connectivity index (χ0n) is 61.5. The summed E-state index contributed by atoms with van der Waals surface area (Å²) in [7, 11) is 0. The molecule has 0 amide bonds. The van der Waals surface area contributed by atoms with Crippen LogP contribution in [-0.2, 0) is 39.1 Å². The third kappa shape index (κ3) is 11.7. The average Bonchev–Trinajstić information content (AvgIpc) is 1.61. The Kier molecular flexibility index (Phi) is 16.9. The van der Waals surface area contributed by atoms with Crippen molar-refractivity contribution in [3.05, 3.63) is 325 Å². The molecule has 0 saturated carbocycles. The number of pyridine rings is 5. The van der Waals surface area contributed by atoms with Crippen molar-refractivity contribution in [2.75, 3.05) is 0 Å². The fourth-order valence-corrected chi connectivity index (χ4v) is 17.0. The zero-order valence-corrected chi connectivity index (χ0v) is 61.5. The number of aromatic nitrogens is 5. The molecular weight excluding hydrogens is 1240 g/mol. The van der Waals surface area contributed by atoms with Gasteiger partial charge in [0.25, 0.3) is 0 Å². The molecule has 20 rings (SSSR count). The lowest BCUT2D eigenvalue weighted by Crippen LogP contribution is -2.33. The molecule has 5 aliphatic heterocycles. The first-order valence-corrected chi connectivity index (χ1v) is 36.7. The minimum absolute atomic E-state index is 0.153. The molecule has 0 radical (unpaired) electrons. The number of aryl methyl sites for hydroxylation is 11. The lowest BCUT2D eigenvalue weighted by Gasteiger charge is -2.06. The van der Waals surface area contributed by atoms with Crippen LogP contribution in [0.4, 0.5) is 4.39 Å². The van der Waals surface area contributed by atoms with Crippen LogP contribution >= 0.6 is 0 Å². The first-order valence-electron chi connectivity index (χ1n) is 36.7. The van der Waals surface area contributed by atoms with Crippen LogP contribution in [0.15, 0.2) is 224 Å². The lowest BCUT2D eigenvalue weighted by molar-refractivity contribution is -0.646. The molecule has 0 unspecified atom stereocenters. The topological polar surface area (TPSA) is 19.4 Å². The fourth-order valence-electron chi connectivity index (χ4n) is 17.0. The second-order valence-corrected chi connectivity index (χ2v) is 30.0. The van der Waals surface area contributed by atoms with Crippen molar-refractivity contribution in [1.82, 2.24) is 0 Å². The summed E-state index contributed by atoms with van der Waals surface area (Å²) in [6.45, 7) is 33.5. The first kappa shape index (κ1) is 65.8. The van der Waals surface area contributed by atoms with Crippen molar-refractivity contribution in [2.24, 2.45) is 0 Å². The molecule has 10 heterocycles. The van der Waals surface area contributed by atoms with Gasteiger partial charge in [-0.2, -0.15) is 22.8 Å². The number of hydrogen-bond acceptors (Lipinski definition) is 0. The Balaban J connectivity index is 0.0000000988. The summed E-state index contributed by atoms with van der Waals surface area (Å²) in [5.41, 5.74) is 43.6. The summed E-state index contributed by atoms with van der Waals surface area (Å²) in [6.07, 6.45) is 2.36. The Bertz CT molecular complexity index is 5990. The summed E-state index contributed by atoms with van der Waals surface area (Å²) in [6, 6.07) is 81.4. The highest BCUT2D eigenvalue weighted by molar-refractivity contribution is 5.85. The highest BCUT2D eigenvalue weighted by Gasteiger charge is 2.35. The van der Waals surface area contributed by atoms with Gasteiger partial charge in [0.1, 0.15) is 5.82 Å². The lowest BCUT2D eigenvalue weighted by atomic mass is 9.99. The Morgan fingerprint density at radius 3 is 1.35 bits per heavy atom. The molecule has 5 aromatic heterocycles. The van der Waals surface area contributed by atoms with Crippen LogP contribution in [-0.4, -0.2) is 0 Å². The van der Waals surface area contributed by atoms with Gasteiger partial charge in [-0.25, -0.2) is 4.39 Å². The molecule has 0 aliphatic carbocycles. The Labute approximate surface area is 600 Å². The van der Waals surface area contributed by atoms with Gasteiger partial charge in [-0.3, -0.25) is 0 Å². The molecule has 0 bridgehead atoms. The molecule has 0 fully saturated rings. The van der Waals surface area contributed by atoms with Crippen molar-refractivity contribution < 1.29 is 27.2 Å². The van der Waals surface area contributed by atoms with Gasteiger partial charge in [-0.15, -0.1) is 0 Å². The number of para-hydroxylation sites is 1. The average molecular weight is 1330 g/mol. The molecule has 102 heavy (non-hydrogen) atoms. The summed E-state index contributed by atoms with van der Waals surface area (Å²) in [5.74, 6) is 0.411. The number of benzene rings is 10. The Morgan fingerprint density at radius 1 is 0.314 bits per heavy atom. The van der Waals surface area contributed by atoms with Gasteiger partial charge in [-0.05, 0) is 234 Å². The molecule has 0 saturated heterocycles. The SMILES string of the molecule is CCCc1ccc2ccc3[n+](c2c1)Cc1c(C)cc(C)cc1-3.Cc1cc(C)c2c(c1)-c1ccc3c(C)cccc3[n+]1C2.Cc1cc(C)c2c(c1)-c1ccc3ccc(C(C)C)cc3[n+]1C2.Cc1cc2c(cc1C)-c1ccc3ccccc3[n+]1C2.Cc1ccc2c(c1)-c1ccc3c(F)cccc3[n+]1C2. The van der Waals surface area contributed by atoms with Gasteiger partial charge in [-0.1, -0.05) is 106 Å². The van der Waals surface area contributed by atoms with Crippen molar-refractivity contribution in [1.29, 1.82) is 0 Å². The minimum Gasteiger partial charge on any atom is -0.206 e. The van der Waals surface area contributed by atoms with Crippen LogP contribution in [0.3, 0.4) is 0 Å². The summed E-state index contributed by atoms with van der Waals surface area (Å²) >= 11 is 0. The second-order valence-electron chi connectivity index (χ2n) is 30.0. The van der Waals surface area contributed by atoms with Gasteiger partial charge in [0.05, 0.1) is 33.2 Å². The molecule has 5 nitrogen and oxygen atoms in total. The maximum Gasteiger partial charge on any atom is 0.216 e. The fraction of sp³-hybridized carbons (Fsp3) is 0.219. The van der Waals surface area contributed by atoms with E-state index in [4.69, 9.17) is 0 Å². The molecule has 5 aliphatic rings. The molecule has 0 spiro atoms. The van der Waals surface area contributed by atoms with Gasteiger partial charge >= 0.3 is 0 Å². The molecule has 502 valence electrons. The molecule has 6 heteroatoms. The van der Waals surface area contributed by atoms with E-state index in [2.05, 4.69) is 307 Å². The van der Waals surface area contributed by atoms with Crippen LogP contribution < -0.4 is 22.8 Å². The van der Waals surface area contributed by atoms with E-state index in [1.165, 1.54) is 207 Å². The van der Waals surface area contributed by atoms with E-state index in [0.29, 0.717) is 11.3 Å². The summed E-state index contributed by atoms with van der Waals surface area (Å²) < 4.78 is 25.9. The molecule has 0 N–H and O–H groups in total. The maximum absolute atomic E-state index is 13.8. The third-order valence-corrected chi connectivity index (χ3v) is 22.4. The predicted octanol–water partition coefficient (Wildman–Crippen LogP) is 21.1. The highest BCUT2D eigenvalue weighted by atomic mass is 19.1. The smallest absolute Gasteiger partial charge is 0.206 e. The zero-order chi connectivity index (χ0) is 70.5. The van der Waals surface area contributed by atoms with Crippen LogP contribution in [0, 0.1) is 75.1 Å². The number of halogens is 1. The largest absolute Gasteiger partial charge is 0.216 e. The number of rotatable bonds is 3. The van der Waals surface area contributed by atoms with E-state index < -0.39 is 0 Å². The Morgan fingerprint density at radius 2 is 0.755 bits per heavy atom. The standard InChI is InChI=1S/2C21H22N.C19H18N.C18H16N.C17H13FN/c1-13(2)17-6-5-16-7-8-20-18-10-14(3)9-15(4)19(18)12-22(20)21(16)11-17;1-4-5-16-6-7-17-8-9-20-18-11-14(2)10-15(3)19(18)13-22(20)21(17)12-16;1-12-9-14(3)17-11-20-18-6-4-5-13(2)15(18)7-8-19(20)16(17)10-12;1-12-9-15-11-19-17-6-4-3-5-14(17)7-8-18(19)16(15)10-13(12)2;1-11-5-6-12-10-19-16-4-2-3-15(18)13(16)7-8-17(19)14(12)9-11/h5-11,13H,12H2,1-4H3;6-12H,4-5,13H2,1-3H3;4-10H,11H2,1-3H3;3-10H,11H2,1-2H3;2-9H,10H2,1H3/q5*+1. The van der Waals surface area contributed by atoms with Crippen molar-refractivity contribution >= 4 is 54.5 Å². The minimum atomic E-state index is -0.153. The van der Waals surface area contributed by atoms with E-state index in [0.717, 1.165) is 44.7 Å². The molecule has 10 aromatic carbocycles. The van der Waals surface area contributed by atoms with Crippen LogP contribution in [0.5, 0.6) is 0 Å². The van der Waals surface area contributed by atoms with Crippen molar-refractivity contribution in [3.8, 4) is 56.3 Å². The number of fused-ring (bicyclic) bond motifs is 25. The first-order chi connectivity index (χ1) is 49.3. The second kappa shape index (κ2) is 26.3. The van der Waals surface area contributed by atoms with Crippen LogP contribution in [0.2, 0.25) is 0 Å². The monoisotopic (exact) mass is 1330 g/mol. The summed E-state index contributed by atoms with van der Waals surface area (Å²) in [5, 5.41) is 6.03. The molecule has 15 aromatic rings. The van der Waals surface area contributed by atoms with Gasteiger partial charge in [0.15, 0.2) is 32.7 Å². The molecule has 0 atom stereocenters. The van der Waals surface area contributed by atoms with E-state index in [1.54, 1.807) is 6.07 Å². The van der Waals surface area contributed by atoms with E-state index in [1.807, 2.05) is 18.2 Å². The maximum atomic E-state index is 13.8.